The molecule has 0 aromatic carbocycles. The van der Waals surface area contributed by atoms with Gasteiger partial charge in [-0.1, -0.05) is 6.42 Å². The number of fused-ring (bicyclic) bond motifs is 1. The van der Waals surface area contributed by atoms with Gasteiger partial charge in [0.1, 0.15) is 0 Å². The van der Waals surface area contributed by atoms with E-state index in [2.05, 4.69) is 0 Å². The van der Waals surface area contributed by atoms with E-state index < -0.39 is 17.5 Å². The van der Waals surface area contributed by atoms with E-state index in [4.69, 9.17) is 9.47 Å². The van der Waals surface area contributed by atoms with Crippen molar-refractivity contribution in [3.63, 3.8) is 0 Å². The number of carboxylic acid groups (broad SMARTS) is 1. The largest absolute Gasteiger partial charge is 0.481 e. The van der Waals surface area contributed by atoms with Crippen molar-refractivity contribution in [2.75, 3.05) is 32.9 Å². The van der Waals surface area contributed by atoms with Crippen LogP contribution in [0.25, 0.3) is 0 Å². The second-order valence-corrected chi connectivity index (χ2v) is 5.70. The molecule has 0 spiro atoms. The van der Waals surface area contributed by atoms with Crippen LogP contribution < -0.4 is 0 Å². The van der Waals surface area contributed by atoms with Crippen LogP contribution in [-0.4, -0.2) is 60.9 Å². The van der Waals surface area contributed by atoms with Crippen LogP contribution in [0.15, 0.2) is 0 Å². The Balaban J connectivity index is 1.71. The molecule has 3 fully saturated rings. The first-order chi connectivity index (χ1) is 9.13. The number of aliphatic carboxylic acids is 1. The van der Waals surface area contributed by atoms with Crippen molar-refractivity contribution in [1.29, 1.82) is 0 Å². The fourth-order valence-corrected chi connectivity index (χ4v) is 3.64. The fraction of sp³-hybridized carbons (Fsp3) is 0.846. The van der Waals surface area contributed by atoms with Crippen molar-refractivity contribution in [2.45, 2.75) is 25.4 Å². The molecule has 3 rings (SSSR count). The molecule has 0 aromatic heterocycles. The van der Waals surface area contributed by atoms with Crippen LogP contribution in [0, 0.1) is 11.3 Å². The van der Waals surface area contributed by atoms with Gasteiger partial charge in [-0.2, -0.15) is 0 Å². The molecule has 2 aliphatic heterocycles. The maximum Gasteiger partial charge on any atom is 0.311 e. The lowest BCUT2D eigenvalue weighted by atomic mass is 9.81. The smallest absolute Gasteiger partial charge is 0.311 e. The fourth-order valence-electron chi connectivity index (χ4n) is 3.64. The highest BCUT2D eigenvalue weighted by Gasteiger charge is 2.56. The average molecular weight is 269 g/mol. The quantitative estimate of drug-likeness (QED) is 0.770. The van der Waals surface area contributed by atoms with Gasteiger partial charge in [0.15, 0.2) is 6.10 Å². The molecule has 1 unspecified atom stereocenters. The third-order valence-corrected chi connectivity index (χ3v) is 4.70. The Labute approximate surface area is 111 Å². The van der Waals surface area contributed by atoms with Gasteiger partial charge in [0.2, 0.25) is 0 Å². The monoisotopic (exact) mass is 269 g/mol. The maximum atomic E-state index is 12.3. The number of ether oxygens (including phenoxy) is 2. The first kappa shape index (κ1) is 12.9. The predicted molar refractivity (Wildman–Crippen MR) is 64.5 cm³/mol. The number of hydrogen-bond acceptors (Lipinski definition) is 4. The average Bonchev–Trinajstić information content (AvgIpc) is 2.96. The third kappa shape index (κ3) is 2.03. The van der Waals surface area contributed by atoms with Gasteiger partial charge in [-0.05, 0) is 18.8 Å². The van der Waals surface area contributed by atoms with Crippen molar-refractivity contribution >= 4 is 11.9 Å². The lowest BCUT2D eigenvalue weighted by Crippen LogP contribution is -2.45. The molecule has 3 aliphatic rings. The Kier molecular flexibility index (Phi) is 3.22. The van der Waals surface area contributed by atoms with Crippen LogP contribution in [0.2, 0.25) is 0 Å². The predicted octanol–water partition coefficient (Wildman–Crippen LogP) is 0.115. The Morgan fingerprint density at radius 1 is 1.32 bits per heavy atom. The number of amides is 1. The number of likely N-dealkylation sites (tertiary alicyclic amines) is 1. The van der Waals surface area contributed by atoms with Crippen LogP contribution in [-0.2, 0) is 19.1 Å². The van der Waals surface area contributed by atoms with Gasteiger partial charge in [-0.3, -0.25) is 9.59 Å². The van der Waals surface area contributed by atoms with E-state index in [1.807, 2.05) is 0 Å². The first-order valence-corrected chi connectivity index (χ1v) is 6.85. The Morgan fingerprint density at radius 3 is 2.79 bits per heavy atom. The molecule has 1 N–H and O–H groups in total. The molecule has 6 nitrogen and oxygen atoms in total. The highest BCUT2D eigenvalue weighted by Crippen LogP contribution is 2.49. The van der Waals surface area contributed by atoms with Crippen molar-refractivity contribution in [3.8, 4) is 0 Å². The molecule has 0 radical (unpaired) electrons. The summed E-state index contributed by atoms with van der Waals surface area (Å²) in [7, 11) is 0. The van der Waals surface area contributed by atoms with Gasteiger partial charge in [0.05, 0.1) is 25.2 Å². The Morgan fingerprint density at radius 2 is 2.16 bits per heavy atom. The topological polar surface area (TPSA) is 76.1 Å². The molecule has 106 valence electrons. The first-order valence-electron chi connectivity index (χ1n) is 6.85. The number of carboxylic acids is 1. The van der Waals surface area contributed by atoms with E-state index in [1.54, 1.807) is 4.90 Å². The highest BCUT2D eigenvalue weighted by molar-refractivity contribution is 5.84. The number of carbonyl (C=O) groups is 2. The zero-order valence-electron chi connectivity index (χ0n) is 10.8. The van der Waals surface area contributed by atoms with E-state index in [0.717, 1.165) is 12.8 Å². The zero-order valence-corrected chi connectivity index (χ0v) is 10.8. The number of nitrogens with zero attached hydrogens (tertiary/aromatic N) is 1. The number of rotatable bonds is 2. The van der Waals surface area contributed by atoms with Gasteiger partial charge in [-0.15, -0.1) is 0 Å². The van der Waals surface area contributed by atoms with Gasteiger partial charge in [0, 0.05) is 13.1 Å². The molecule has 1 aliphatic carbocycles. The van der Waals surface area contributed by atoms with Crippen LogP contribution in [0.5, 0.6) is 0 Å². The number of hydrogen-bond donors (Lipinski definition) is 1. The van der Waals surface area contributed by atoms with E-state index in [-0.39, 0.29) is 18.4 Å². The molecule has 19 heavy (non-hydrogen) atoms. The minimum atomic E-state index is -0.758. The third-order valence-electron chi connectivity index (χ3n) is 4.70. The summed E-state index contributed by atoms with van der Waals surface area (Å²) in [5.74, 6) is -0.778. The second-order valence-electron chi connectivity index (χ2n) is 5.70. The molecular weight excluding hydrogens is 250 g/mol. The summed E-state index contributed by atoms with van der Waals surface area (Å²) in [5.41, 5.74) is -0.717. The van der Waals surface area contributed by atoms with Crippen LogP contribution in [0.3, 0.4) is 0 Å². The lowest BCUT2D eigenvalue weighted by molar-refractivity contribution is -0.158. The molecular formula is C13H19NO5. The second kappa shape index (κ2) is 4.76. The van der Waals surface area contributed by atoms with Gasteiger partial charge in [0.25, 0.3) is 5.91 Å². The van der Waals surface area contributed by atoms with Crippen LogP contribution in [0.1, 0.15) is 19.3 Å². The molecule has 0 bridgehead atoms. The SMILES string of the molecule is O=C(C1COCCO1)N1C[C@@H]2CCC[C@@]2(C(=O)O)C1. The van der Waals surface area contributed by atoms with Gasteiger partial charge in [-0.25, -0.2) is 0 Å². The Hall–Kier alpha value is -1.14. The summed E-state index contributed by atoms with van der Waals surface area (Å²) >= 11 is 0. The summed E-state index contributed by atoms with van der Waals surface area (Å²) in [5, 5.41) is 9.49. The molecule has 2 heterocycles. The summed E-state index contributed by atoms with van der Waals surface area (Å²) in [6.07, 6.45) is 1.97. The lowest BCUT2D eigenvalue weighted by Gasteiger charge is -2.28. The highest BCUT2D eigenvalue weighted by atomic mass is 16.6. The minimum Gasteiger partial charge on any atom is -0.481 e. The van der Waals surface area contributed by atoms with E-state index in [1.165, 1.54) is 0 Å². The normalized spacial score (nSPS) is 38.2. The molecule has 1 saturated carbocycles. The Bertz CT molecular complexity index is 392. The summed E-state index contributed by atoms with van der Waals surface area (Å²) < 4.78 is 10.6. The zero-order chi connectivity index (χ0) is 13.5. The van der Waals surface area contributed by atoms with Crippen LogP contribution >= 0.6 is 0 Å². The van der Waals surface area contributed by atoms with E-state index in [9.17, 15) is 14.7 Å². The van der Waals surface area contributed by atoms with E-state index >= 15 is 0 Å². The molecule has 1 amide bonds. The molecule has 2 saturated heterocycles. The van der Waals surface area contributed by atoms with Gasteiger partial charge >= 0.3 is 5.97 Å². The van der Waals surface area contributed by atoms with Gasteiger partial charge < -0.3 is 19.5 Å². The molecule has 0 aromatic rings. The molecule has 3 atom stereocenters. The molecule has 6 heteroatoms. The van der Waals surface area contributed by atoms with Crippen molar-refractivity contribution < 1.29 is 24.2 Å². The summed E-state index contributed by atoms with van der Waals surface area (Å²) in [6.45, 7) is 2.10. The number of carbonyl (C=O) groups excluding carboxylic acids is 1. The van der Waals surface area contributed by atoms with Crippen molar-refractivity contribution in [3.05, 3.63) is 0 Å². The standard InChI is InChI=1S/C13H19NO5/c15-11(10-7-18-4-5-19-10)14-6-9-2-1-3-13(9,8-14)12(16)17/h9-10H,1-8H2,(H,16,17)/t9-,10?,13+/m0/s1. The minimum absolute atomic E-state index is 0.0958. The van der Waals surface area contributed by atoms with Crippen molar-refractivity contribution in [1.82, 2.24) is 4.90 Å². The summed E-state index contributed by atoms with van der Waals surface area (Å²) in [4.78, 5) is 25.5. The summed E-state index contributed by atoms with van der Waals surface area (Å²) in [6, 6.07) is 0. The van der Waals surface area contributed by atoms with E-state index in [0.29, 0.717) is 32.7 Å². The van der Waals surface area contributed by atoms with Crippen molar-refractivity contribution in [2.24, 2.45) is 11.3 Å². The maximum absolute atomic E-state index is 12.3. The van der Waals surface area contributed by atoms with Crippen LogP contribution in [0.4, 0.5) is 0 Å².